The van der Waals surface area contributed by atoms with Gasteiger partial charge in [-0.1, -0.05) is 18.2 Å². The van der Waals surface area contributed by atoms with E-state index in [1.807, 2.05) is 19.1 Å². The molecular formula is C14H17NO2. The average Bonchev–Trinajstić information content (AvgIpc) is 2.38. The second kappa shape index (κ2) is 5.66. The number of hydroxylamine groups is 1. The first-order valence-electron chi connectivity index (χ1n) is 5.75. The van der Waals surface area contributed by atoms with Crippen LogP contribution in [0.4, 0.5) is 0 Å². The lowest BCUT2D eigenvalue weighted by Gasteiger charge is -2.06. The van der Waals surface area contributed by atoms with Crippen molar-refractivity contribution in [2.75, 3.05) is 13.7 Å². The third kappa shape index (κ3) is 2.96. The summed E-state index contributed by atoms with van der Waals surface area (Å²) in [7, 11) is 1.68. The quantitative estimate of drug-likeness (QED) is 0.634. The zero-order valence-corrected chi connectivity index (χ0v) is 10.2. The Labute approximate surface area is 101 Å². The van der Waals surface area contributed by atoms with Gasteiger partial charge in [0, 0.05) is 6.54 Å². The molecule has 1 N–H and O–H groups in total. The molecule has 17 heavy (non-hydrogen) atoms. The summed E-state index contributed by atoms with van der Waals surface area (Å²) in [6.45, 7) is 3.35. The molecule has 0 aromatic heterocycles. The van der Waals surface area contributed by atoms with Crippen LogP contribution < -0.4 is 10.2 Å². The van der Waals surface area contributed by atoms with Gasteiger partial charge in [-0.25, -0.2) is 0 Å². The summed E-state index contributed by atoms with van der Waals surface area (Å²) in [4.78, 5) is 5.12. The molecule has 3 nitrogen and oxygen atoms in total. The van der Waals surface area contributed by atoms with E-state index >= 15 is 0 Å². The highest BCUT2D eigenvalue weighted by Gasteiger charge is 1.98. The van der Waals surface area contributed by atoms with Gasteiger partial charge in [-0.3, -0.25) is 0 Å². The van der Waals surface area contributed by atoms with E-state index in [4.69, 9.17) is 9.57 Å². The first-order valence-corrected chi connectivity index (χ1v) is 5.75. The molecule has 2 rings (SSSR count). The molecule has 2 aromatic carbocycles. The highest BCUT2D eigenvalue weighted by atomic mass is 16.6. The maximum absolute atomic E-state index is 5.20. The number of benzene rings is 2. The third-order valence-corrected chi connectivity index (χ3v) is 2.63. The van der Waals surface area contributed by atoms with Crippen molar-refractivity contribution in [1.29, 1.82) is 0 Å². The summed E-state index contributed by atoms with van der Waals surface area (Å²) in [5, 5.41) is 2.39. The van der Waals surface area contributed by atoms with Crippen LogP contribution in [0.5, 0.6) is 5.75 Å². The van der Waals surface area contributed by atoms with Crippen molar-refractivity contribution in [3.8, 4) is 5.75 Å². The lowest BCUT2D eigenvalue weighted by atomic mass is 10.1. The van der Waals surface area contributed by atoms with Gasteiger partial charge in [0.05, 0.1) is 13.7 Å². The maximum atomic E-state index is 5.20. The van der Waals surface area contributed by atoms with Gasteiger partial charge in [0.2, 0.25) is 0 Å². The van der Waals surface area contributed by atoms with Crippen LogP contribution >= 0.6 is 0 Å². The first kappa shape index (κ1) is 11.9. The van der Waals surface area contributed by atoms with Gasteiger partial charge in [-0.2, -0.15) is 5.48 Å². The molecule has 0 saturated heterocycles. The second-order valence-corrected chi connectivity index (χ2v) is 3.80. The Morgan fingerprint density at radius 1 is 1.06 bits per heavy atom. The van der Waals surface area contributed by atoms with Gasteiger partial charge in [0.15, 0.2) is 0 Å². The van der Waals surface area contributed by atoms with Crippen LogP contribution in [0.25, 0.3) is 10.8 Å². The van der Waals surface area contributed by atoms with E-state index in [0.717, 1.165) is 12.3 Å². The fourth-order valence-electron chi connectivity index (χ4n) is 1.75. The zero-order chi connectivity index (χ0) is 12.1. The van der Waals surface area contributed by atoms with Crippen molar-refractivity contribution < 1.29 is 9.57 Å². The topological polar surface area (TPSA) is 30.5 Å². The molecule has 90 valence electrons. The van der Waals surface area contributed by atoms with Crippen molar-refractivity contribution in [2.24, 2.45) is 0 Å². The summed E-state index contributed by atoms with van der Waals surface area (Å²) in [6, 6.07) is 12.4. The molecule has 0 aliphatic heterocycles. The van der Waals surface area contributed by atoms with E-state index in [1.54, 1.807) is 7.11 Å². The van der Waals surface area contributed by atoms with Crippen molar-refractivity contribution >= 4 is 10.8 Å². The number of nitrogens with one attached hydrogen (secondary N) is 1. The minimum absolute atomic E-state index is 0.671. The number of rotatable bonds is 5. The third-order valence-electron chi connectivity index (χ3n) is 2.63. The summed E-state index contributed by atoms with van der Waals surface area (Å²) in [6.07, 6.45) is 0. The molecule has 0 fully saturated rings. The van der Waals surface area contributed by atoms with Crippen molar-refractivity contribution in [2.45, 2.75) is 13.5 Å². The van der Waals surface area contributed by atoms with Gasteiger partial charge >= 0.3 is 0 Å². The van der Waals surface area contributed by atoms with Gasteiger partial charge in [0.25, 0.3) is 0 Å². The van der Waals surface area contributed by atoms with Crippen LogP contribution in [0.3, 0.4) is 0 Å². The Balaban J connectivity index is 2.19. The van der Waals surface area contributed by atoms with Crippen LogP contribution in [0.15, 0.2) is 36.4 Å². The van der Waals surface area contributed by atoms with Crippen molar-refractivity contribution in [3.63, 3.8) is 0 Å². The summed E-state index contributed by atoms with van der Waals surface area (Å²) in [5.74, 6) is 0.887. The fourth-order valence-corrected chi connectivity index (χ4v) is 1.75. The van der Waals surface area contributed by atoms with Crippen LogP contribution in [0.1, 0.15) is 12.5 Å². The highest BCUT2D eigenvalue weighted by Crippen LogP contribution is 2.21. The SMILES string of the molecule is CCONCc1ccc2cc(OC)ccc2c1. The Bertz CT molecular complexity index is 497. The van der Waals surface area contributed by atoms with Crippen LogP contribution in [0, 0.1) is 0 Å². The molecule has 0 unspecified atom stereocenters. The Morgan fingerprint density at radius 3 is 2.59 bits per heavy atom. The first-order chi connectivity index (χ1) is 8.33. The second-order valence-electron chi connectivity index (χ2n) is 3.80. The molecule has 0 amide bonds. The van der Waals surface area contributed by atoms with E-state index in [2.05, 4.69) is 29.7 Å². The molecule has 3 heteroatoms. The number of hydrogen-bond acceptors (Lipinski definition) is 3. The van der Waals surface area contributed by atoms with Crippen LogP contribution in [-0.4, -0.2) is 13.7 Å². The summed E-state index contributed by atoms with van der Waals surface area (Å²) in [5.41, 5.74) is 4.12. The lowest BCUT2D eigenvalue weighted by Crippen LogP contribution is -2.13. The van der Waals surface area contributed by atoms with E-state index < -0.39 is 0 Å². The predicted octanol–water partition coefficient (Wildman–Crippen LogP) is 2.89. The molecule has 0 aliphatic rings. The summed E-state index contributed by atoms with van der Waals surface area (Å²) >= 11 is 0. The smallest absolute Gasteiger partial charge is 0.119 e. The summed E-state index contributed by atoms with van der Waals surface area (Å²) < 4.78 is 5.20. The standard InChI is InChI=1S/C14H17NO2/c1-3-17-15-10-11-4-5-13-9-14(16-2)7-6-12(13)8-11/h4-9,15H,3,10H2,1-2H3. The van der Waals surface area contributed by atoms with Gasteiger partial charge in [-0.15, -0.1) is 0 Å². The van der Waals surface area contributed by atoms with Gasteiger partial charge in [-0.05, 0) is 41.5 Å². The fraction of sp³-hybridized carbons (Fsp3) is 0.286. The Kier molecular flexibility index (Phi) is 3.96. The van der Waals surface area contributed by atoms with Crippen molar-refractivity contribution in [1.82, 2.24) is 5.48 Å². The molecule has 0 spiro atoms. The molecule has 2 aromatic rings. The Morgan fingerprint density at radius 2 is 1.82 bits per heavy atom. The molecule has 0 atom stereocenters. The number of methoxy groups -OCH3 is 1. The number of hydrogen-bond donors (Lipinski definition) is 1. The Hall–Kier alpha value is -1.58. The zero-order valence-electron chi connectivity index (χ0n) is 10.2. The van der Waals surface area contributed by atoms with Gasteiger partial charge in [0.1, 0.15) is 5.75 Å². The number of fused-ring (bicyclic) bond motifs is 1. The van der Waals surface area contributed by atoms with Crippen molar-refractivity contribution in [3.05, 3.63) is 42.0 Å². The van der Waals surface area contributed by atoms with E-state index in [9.17, 15) is 0 Å². The molecular weight excluding hydrogens is 214 g/mol. The number of ether oxygens (including phenoxy) is 1. The molecule has 0 bridgehead atoms. The molecule has 0 heterocycles. The predicted molar refractivity (Wildman–Crippen MR) is 69.0 cm³/mol. The van der Waals surface area contributed by atoms with Gasteiger partial charge < -0.3 is 9.57 Å². The highest BCUT2D eigenvalue weighted by molar-refractivity contribution is 5.84. The maximum Gasteiger partial charge on any atom is 0.119 e. The lowest BCUT2D eigenvalue weighted by molar-refractivity contribution is 0.0463. The van der Waals surface area contributed by atoms with E-state index in [0.29, 0.717) is 6.61 Å². The minimum atomic E-state index is 0.671. The molecule has 0 aliphatic carbocycles. The van der Waals surface area contributed by atoms with Crippen LogP contribution in [0.2, 0.25) is 0 Å². The molecule has 0 saturated carbocycles. The average molecular weight is 231 g/mol. The minimum Gasteiger partial charge on any atom is -0.497 e. The normalized spacial score (nSPS) is 10.7. The molecule has 0 radical (unpaired) electrons. The van der Waals surface area contributed by atoms with E-state index in [-0.39, 0.29) is 0 Å². The van der Waals surface area contributed by atoms with E-state index in [1.165, 1.54) is 16.3 Å². The largest absolute Gasteiger partial charge is 0.497 e. The van der Waals surface area contributed by atoms with Crippen LogP contribution in [-0.2, 0) is 11.4 Å². The monoisotopic (exact) mass is 231 g/mol.